The number of pyridine rings is 2. The molecule has 2 unspecified atom stereocenters. The van der Waals surface area contributed by atoms with Crippen molar-refractivity contribution in [2.75, 3.05) is 38.1 Å². The van der Waals surface area contributed by atoms with Crippen LogP contribution in [0.1, 0.15) is 82.5 Å². The van der Waals surface area contributed by atoms with Crippen LogP contribution in [-0.4, -0.2) is 64.7 Å². The highest BCUT2D eigenvalue weighted by molar-refractivity contribution is 9.09. The Balaban J connectivity index is 0.000000154. The van der Waals surface area contributed by atoms with Crippen LogP contribution in [-0.2, 0) is 35.3 Å². The number of carbonyl (C=O) groups excluding carboxylic acids is 2. The quantitative estimate of drug-likeness (QED) is 0.112. The van der Waals surface area contributed by atoms with E-state index in [1.807, 2.05) is 36.4 Å². The summed E-state index contributed by atoms with van der Waals surface area (Å²) in [5.41, 5.74) is 9.27. The van der Waals surface area contributed by atoms with Crippen LogP contribution in [0.2, 0.25) is 0 Å². The highest BCUT2D eigenvalue weighted by Gasteiger charge is 2.31. The molecule has 2 saturated heterocycles. The number of aromatic nitrogens is 2. The molecule has 4 heterocycles. The number of piperidine rings is 2. The number of halogens is 3. The van der Waals surface area contributed by atoms with E-state index in [0.29, 0.717) is 5.92 Å². The number of carbonyl (C=O) groups is 2. The predicted molar refractivity (Wildman–Crippen MR) is 264 cm³/mol. The van der Waals surface area contributed by atoms with E-state index in [4.69, 9.17) is 0 Å². The fourth-order valence-electron chi connectivity index (χ4n) is 9.95. The minimum absolute atomic E-state index is 0.00585. The van der Waals surface area contributed by atoms with E-state index in [1.54, 1.807) is 47.8 Å². The number of fused-ring (bicyclic) bond motifs is 2. The van der Waals surface area contributed by atoms with Gasteiger partial charge in [0.15, 0.2) is 0 Å². The first-order valence-corrected chi connectivity index (χ1v) is 25.0. The SMILES string of the molecule is BrCC1Cc2ccccc2C1.O=C(NC(c1ccc(F)cc1)c1ccccn1)C1CCN(CC2Cc3ccccc3C2)CC1.O=C(NC(c1ccc(F)cc1)c1ccccn1)C1CCNCC1. The molecule has 8 nitrogen and oxygen atoms in total. The predicted octanol–water partition coefficient (Wildman–Crippen LogP) is 9.78. The molecule has 0 bridgehead atoms. The minimum atomic E-state index is -0.380. The van der Waals surface area contributed by atoms with Crippen LogP contribution in [0.25, 0.3) is 0 Å². The Labute approximate surface area is 402 Å². The fourth-order valence-corrected chi connectivity index (χ4v) is 10.4. The molecule has 0 saturated carbocycles. The first-order valence-electron chi connectivity index (χ1n) is 23.9. The normalized spacial score (nSPS) is 17.4. The summed E-state index contributed by atoms with van der Waals surface area (Å²) in [5, 5.41) is 10.7. The summed E-state index contributed by atoms with van der Waals surface area (Å²) >= 11 is 3.54. The number of rotatable bonds is 11. The average Bonchev–Trinajstić information content (AvgIpc) is 4.01. The third-order valence-electron chi connectivity index (χ3n) is 13.6. The Morgan fingerprint density at radius 1 is 0.567 bits per heavy atom. The lowest BCUT2D eigenvalue weighted by Gasteiger charge is -2.33. The monoisotopic (exact) mass is 966 g/mol. The van der Waals surface area contributed by atoms with E-state index in [0.717, 1.165) is 92.2 Å². The molecular weight excluding hydrogens is 907 g/mol. The summed E-state index contributed by atoms with van der Waals surface area (Å²) in [6, 6.07) is 40.5. The van der Waals surface area contributed by atoms with Crippen LogP contribution in [0.3, 0.4) is 0 Å². The van der Waals surface area contributed by atoms with E-state index in [2.05, 4.69) is 95.3 Å². The van der Waals surface area contributed by atoms with E-state index < -0.39 is 0 Å². The lowest BCUT2D eigenvalue weighted by molar-refractivity contribution is -0.127. The van der Waals surface area contributed by atoms with Crippen LogP contribution in [0.15, 0.2) is 146 Å². The summed E-state index contributed by atoms with van der Waals surface area (Å²) < 4.78 is 26.7. The van der Waals surface area contributed by atoms with Gasteiger partial charge in [-0.3, -0.25) is 19.6 Å². The number of alkyl halides is 1. The lowest BCUT2D eigenvalue weighted by atomic mass is 9.93. The number of amides is 2. The lowest BCUT2D eigenvalue weighted by Crippen LogP contribution is -2.43. The van der Waals surface area contributed by atoms with E-state index in [-0.39, 0.29) is 47.4 Å². The standard InChI is InChI=1S/C28H30FN3O.C18H20FN3O.C10H11Br/c29-25-10-8-21(9-11-25)27(26-7-3-4-14-30-26)31-28(33)22-12-15-32(16-13-22)19-20-17-23-5-1-2-6-24(23)18-20;19-15-6-4-13(5-7-15)17(16-3-1-2-10-21-16)22-18(23)14-8-11-20-12-9-14;11-7-8-5-9-3-1-2-4-10(9)6-8/h1-11,14,20,22,27H,12-13,15-19H2,(H,31,33);1-7,10,14,17,20H,8-9,11-12H2,(H,22,23);1-4,8H,5-7H2. The fraction of sp³-hybridized carbons (Fsp3) is 0.357. The molecule has 2 amide bonds. The molecule has 67 heavy (non-hydrogen) atoms. The van der Waals surface area contributed by atoms with Crippen molar-refractivity contribution >= 4 is 27.7 Å². The zero-order chi connectivity index (χ0) is 46.4. The first kappa shape index (κ1) is 47.9. The highest BCUT2D eigenvalue weighted by Crippen LogP contribution is 2.30. The van der Waals surface area contributed by atoms with Crippen molar-refractivity contribution in [2.45, 2.75) is 63.5 Å². The van der Waals surface area contributed by atoms with Gasteiger partial charge in [0.25, 0.3) is 0 Å². The van der Waals surface area contributed by atoms with Crippen molar-refractivity contribution in [2.24, 2.45) is 23.7 Å². The van der Waals surface area contributed by atoms with Gasteiger partial charge in [0.05, 0.1) is 23.5 Å². The van der Waals surface area contributed by atoms with Crippen LogP contribution in [0.5, 0.6) is 0 Å². The average molecular weight is 968 g/mol. The Bertz CT molecular complexity index is 2430. The second kappa shape index (κ2) is 23.9. The summed E-state index contributed by atoms with van der Waals surface area (Å²) in [6.07, 6.45) is 11.7. The van der Waals surface area contributed by atoms with Crippen molar-refractivity contribution in [3.63, 3.8) is 0 Å². The number of benzene rings is 4. The number of likely N-dealkylation sites (tertiary alicyclic amines) is 1. The number of hydrogen-bond acceptors (Lipinski definition) is 6. The minimum Gasteiger partial charge on any atom is -0.343 e. The van der Waals surface area contributed by atoms with Crippen LogP contribution in [0, 0.1) is 35.3 Å². The van der Waals surface area contributed by atoms with Gasteiger partial charge in [-0.05, 0) is 171 Å². The highest BCUT2D eigenvalue weighted by atomic mass is 79.9. The van der Waals surface area contributed by atoms with Gasteiger partial charge in [0.2, 0.25) is 11.8 Å². The molecule has 2 aliphatic heterocycles. The van der Waals surface area contributed by atoms with Gasteiger partial charge >= 0.3 is 0 Å². The summed E-state index contributed by atoms with van der Waals surface area (Å²) in [6.45, 7) is 4.74. The molecule has 11 heteroatoms. The smallest absolute Gasteiger partial charge is 0.224 e. The number of hydrogen-bond donors (Lipinski definition) is 3. The molecule has 0 spiro atoms. The molecule has 10 rings (SSSR count). The molecule has 2 fully saturated rings. The largest absolute Gasteiger partial charge is 0.343 e. The first-order chi connectivity index (χ1) is 32.8. The molecule has 348 valence electrons. The van der Waals surface area contributed by atoms with Crippen molar-refractivity contribution in [1.82, 2.24) is 30.8 Å². The van der Waals surface area contributed by atoms with Crippen LogP contribution in [0.4, 0.5) is 8.78 Å². The molecule has 2 aliphatic carbocycles. The molecule has 0 radical (unpaired) electrons. The maximum atomic E-state index is 13.5. The maximum Gasteiger partial charge on any atom is 0.224 e. The van der Waals surface area contributed by atoms with Crippen molar-refractivity contribution < 1.29 is 18.4 Å². The van der Waals surface area contributed by atoms with Crippen molar-refractivity contribution in [1.29, 1.82) is 0 Å². The zero-order valence-electron chi connectivity index (χ0n) is 38.0. The topological polar surface area (TPSA) is 99.2 Å². The number of nitrogens with zero attached hydrogens (tertiary/aromatic N) is 3. The van der Waals surface area contributed by atoms with Crippen molar-refractivity contribution in [3.05, 3.63) is 202 Å². The summed E-state index contributed by atoms with van der Waals surface area (Å²) in [5.74, 6) is 1.04. The Hall–Kier alpha value is -5.62. The van der Waals surface area contributed by atoms with Gasteiger partial charge in [-0.15, -0.1) is 0 Å². The molecule has 4 aromatic carbocycles. The molecule has 6 aromatic rings. The summed E-state index contributed by atoms with van der Waals surface area (Å²) in [4.78, 5) is 37.1. The third-order valence-corrected chi connectivity index (χ3v) is 14.5. The van der Waals surface area contributed by atoms with Crippen LogP contribution < -0.4 is 16.0 Å². The molecular formula is C56H61BrF2N6O2. The second-order valence-corrected chi connectivity index (χ2v) is 19.0. The van der Waals surface area contributed by atoms with Gasteiger partial charge in [-0.1, -0.05) is 101 Å². The molecule has 4 aliphatic rings. The molecule has 2 aromatic heterocycles. The third kappa shape index (κ3) is 13.3. The zero-order valence-corrected chi connectivity index (χ0v) is 39.6. The van der Waals surface area contributed by atoms with Gasteiger partial charge in [0.1, 0.15) is 11.6 Å². The summed E-state index contributed by atoms with van der Waals surface area (Å²) in [7, 11) is 0. The Morgan fingerprint density at radius 2 is 0.970 bits per heavy atom. The van der Waals surface area contributed by atoms with Crippen LogP contribution >= 0.6 is 15.9 Å². The van der Waals surface area contributed by atoms with Gasteiger partial charge in [-0.25, -0.2) is 8.78 Å². The van der Waals surface area contributed by atoms with Gasteiger partial charge < -0.3 is 20.9 Å². The van der Waals surface area contributed by atoms with E-state index in [9.17, 15) is 18.4 Å². The van der Waals surface area contributed by atoms with Crippen molar-refractivity contribution in [3.8, 4) is 0 Å². The van der Waals surface area contributed by atoms with E-state index >= 15 is 0 Å². The second-order valence-electron chi connectivity index (χ2n) is 18.3. The van der Waals surface area contributed by atoms with E-state index in [1.165, 1.54) is 61.1 Å². The maximum absolute atomic E-state index is 13.5. The molecule has 2 atom stereocenters. The van der Waals surface area contributed by atoms with Gasteiger partial charge in [0, 0.05) is 36.1 Å². The Kier molecular flexibility index (Phi) is 17.1. The number of nitrogens with one attached hydrogen (secondary N) is 3. The Morgan fingerprint density at radius 3 is 1.37 bits per heavy atom. The van der Waals surface area contributed by atoms with Gasteiger partial charge in [-0.2, -0.15) is 0 Å². The molecule has 3 N–H and O–H groups in total.